The van der Waals surface area contributed by atoms with E-state index in [4.69, 9.17) is 10.2 Å². The summed E-state index contributed by atoms with van der Waals surface area (Å²) in [5.74, 6) is -1.22. The highest BCUT2D eigenvalue weighted by molar-refractivity contribution is 6.01. The highest BCUT2D eigenvalue weighted by Gasteiger charge is 2.36. The Morgan fingerprint density at radius 1 is 1.17 bits per heavy atom. The number of esters is 1. The zero-order valence-electron chi connectivity index (χ0n) is 12.2. The van der Waals surface area contributed by atoms with Crippen molar-refractivity contribution in [2.75, 3.05) is 38.3 Å². The molecule has 11 heteroatoms. The molecular weight excluding hydrogens is 314 g/mol. The number of benzene rings is 1. The van der Waals surface area contributed by atoms with Crippen molar-refractivity contribution in [3.63, 3.8) is 0 Å². The number of nitro groups is 2. The van der Waals surface area contributed by atoms with Gasteiger partial charge in [-0.3, -0.25) is 20.2 Å². The Morgan fingerprint density at radius 2 is 1.74 bits per heavy atom. The predicted octanol–water partition coefficient (Wildman–Crippen LogP) is 0.0806. The van der Waals surface area contributed by atoms with Crippen LogP contribution in [-0.2, 0) is 4.74 Å². The standard InChI is InChI=1S/C12H15N3O8/c1-23-12(18)10-8(14(19)20)2-3-9(11(10)15(21)22)13(4-6-16)5-7-17/h2-3,16-17H,4-7H2,1H3. The van der Waals surface area contributed by atoms with Crippen molar-refractivity contribution in [2.24, 2.45) is 0 Å². The van der Waals surface area contributed by atoms with E-state index in [0.717, 1.165) is 19.2 Å². The monoisotopic (exact) mass is 329 g/mol. The summed E-state index contributed by atoms with van der Waals surface area (Å²) in [4.78, 5) is 33.6. The Morgan fingerprint density at radius 3 is 2.13 bits per heavy atom. The van der Waals surface area contributed by atoms with E-state index < -0.39 is 32.8 Å². The first kappa shape index (κ1) is 18.3. The molecule has 0 heterocycles. The van der Waals surface area contributed by atoms with Gasteiger partial charge in [0.15, 0.2) is 0 Å². The van der Waals surface area contributed by atoms with E-state index in [0.29, 0.717) is 0 Å². The van der Waals surface area contributed by atoms with Crippen LogP contribution in [-0.4, -0.2) is 59.4 Å². The molecule has 0 radical (unpaired) electrons. The van der Waals surface area contributed by atoms with Gasteiger partial charge in [0.1, 0.15) is 5.69 Å². The van der Waals surface area contributed by atoms with E-state index >= 15 is 0 Å². The maximum Gasteiger partial charge on any atom is 0.352 e. The average molecular weight is 329 g/mol. The largest absolute Gasteiger partial charge is 0.465 e. The molecule has 0 fully saturated rings. The van der Waals surface area contributed by atoms with E-state index in [2.05, 4.69) is 4.74 Å². The molecule has 1 aromatic carbocycles. The highest BCUT2D eigenvalue weighted by atomic mass is 16.6. The van der Waals surface area contributed by atoms with Crippen LogP contribution in [0.1, 0.15) is 10.4 Å². The minimum Gasteiger partial charge on any atom is -0.465 e. The lowest BCUT2D eigenvalue weighted by Crippen LogP contribution is -2.30. The number of anilines is 1. The molecule has 0 saturated carbocycles. The fraction of sp³-hybridized carbons (Fsp3) is 0.417. The Balaban J connectivity index is 3.68. The van der Waals surface area contributed by atoms with Crippen molar-refractivity contribution >= 4 is 23.0 Å². The van der Waals surface area contributed by atoms with E-state index in [1.165, 1.54) is 4.90 Å². The smallest absolute Gasteiger partial charge is 0.352 e. The van der Waals surface area contributed by atoms with Gasteiger partial charge in [-0.15, -0.1) is 0 Å². The fourth-order valence-corrected chi connectivity index (χ4v) is 2.06. The minimum absolute atomic E-state index is 0.0696. The van der Waals surface area contributed by atoms with Gasteiger partial charge in [-0.25, -0.2) is 4.79 Å². The maximum atomic E-state index is 11.8. The van der Waals surface area contributed by atoms with Gasteiger partial charge in [-0.2, -0.15) is 0 Å². The Kier molecular flexibility index (Phi) is 6.35. The molecular formula is C12H15N3O8. The Hall–Kier alpha value is -2.79. The number of nitro benzene ring substituents is 2. The van der Waals surface area contributed by atoms with Gasteiger partial charge in [-0.1, -0.05) is 0 Å². The summed E-state index contributed by atoms with van der Waals surface area (Å²) in [5, 5.41) is 40.5. The molecule has 11 nitrogen and oxygen atoms in total. The summed E-state index contributed by atoms with van der Waals surface area (Å²) in [6.07, 6.45) is 0. The van der Waals surface area contributed by atoms with Crippen LogP contribution in [0.4, 0.5) is 17.1 Å². The molecule has 0 unspecified atom stereocenters. The molecule has 0 aliphatic carbocycles. The number of nitrogens with zero attached hydrogens (tertiary/aromatic N) is 3. The first-order chi connectivity index (χ1) is 10.9. The van der Waals surface area contributed by atoms with E-state index in [1.54, 1.807) is 0 Å². The van der Waals surface area contributed by atoms with E-state index in [1.807, 2.05) is 0 Å². The number of carbonyl (C=O) groups is 1. The average Bonchev–Trinajstić information content (AvgIpc) is 2.52. The number of carbonyl (C=O) groups excluding carboxylic acids is 1. The molecule has 1 aromatic rings. The fourth-order valence-electron chi connectivity index (χ4n) is 2.06. The van der Waals surface area contributed by atoms with Gasteiger partial charge in [0.25, 0.3) is 5.69 Å². The third-order valence-electron chi connectivity index (χ3n) is 2.98. The molecule has 0 aliphatic rings. The Bertz CT molecular complexity index is 613. The predicted molar refractivity (Wildman–Crippen MR) is 77.5 cm³/mol. The van der Waals surface area contributed by atoms with Gasteiger partial charge in [0, 0.05) is 19.2 Å². The van der Waals surface area contributed by atoms with Gasteiger partial charge >= 0.3 is 11.7 Å². The van der Waals surface area contributed by atoms with Crippen molar-refractivity contribution in [3.05, 3.63) is 37.9 Å². The summed E-state index contributed by atoms with van der Waals surface area (Å²) in [5.41, 5.74) is -2.50. The van der Waals surface area contributed by atoms with Crippen molar-refractivity contribution in [1.82, 2.24) is 0 Å². The number of aliphatic hydroxyl groups is 2. The van der Waals surface area contributed by atoms with E-state index in [-0.39, 0.29) is 32.0 Å². The number of rotatable bonds is 8. The number of hydrogen-bond donors (Lipinski definition) is 2. The van der Waals surface area contributed by atoms with Gasteiger partial charge < -0.3 is 19.8 Å². The van der Waals surface area contributed by atoms with Gasteiger partial charge in [0.05, 0.1) is 30.2 Å². The van der Waals surface area contributed by atoms with Crippen molar-refractivity contribution < 1.29 is 29.6 Å². The van der Waals surface area contributed by atoms with Crippen LogP contribution in [0.15, 0.2) is 12.1 Å². The topological polar surface area (TPSA) is 156 Å². The summed E-state index contributed by atoms with van der Waals surface area (Å²) >= 11 is 0. The second kappa shape index (κ2) is 8.00. The zero-order chi connectivity index (χ0) is 17.6. The lowest BCUT2D eigenvalue weighted by Gasteiger charge is -2.23. The lowest BCUT2D eigenvalue weighted by atomic mass is 10.1. The van der Waals surface area contributed by atoms with Crippen molar-refractivity contribution in [1.29, 1.82) is 0 Å². The highest BCUT2D eigenvalue weighted by Crippen LogP contribution is 2.37. The normalized spacial score (nSPS) is 10.2. The molecule has 126 valence electrons. The van der Waals surface area contributed by atoms with Crippen LogP contribution in [0, 0.1) is 20.2 Å². The van der Waals surface area contributed by atoms with Gasteiger partial charge in [-0.05, 0) is 6.07 Å². The molecule has 0 aliphatic heterocycles. The first-order valence-electron chi connectivity index (χ1n) is 6.39. The molecule has 2 N–H and O–H groups in total. The Labute approximate surface area is 130 Å². The molecule has 1 rings (SSSR count). The molecule has 0 bridgehead atoms. The zero-order valence-corrected chi connectivity index (χ0v) is 12.2. The first-order valence-corrected chi connectivity index (χ1v) is 6.39. The molecule has 0 saturated heterocycles. The number of methoxy groups -OCH3 is 1. The van der Waals surface area contributed by atoms with Crippen LogP contribution in [0.2, 0.25) is 0 Å². The maximum absolute atomic E-state index is 11.8. The van der Waals surface area contributed by atoms with Crippen LogP contribution in [0.3, 0.4) is 0 Å². The van der Waals surface area contributed by atoms with E-state index in [9.17, 15) is 25.0 Å². The number of hydrogen-bond acceptors (Lipinski definition) is 9. The molecule has 0 amide bonds. The summed E-state index contributed by atoms with van der Waals surface area (Å²) < 4.78 is 4.41. The lowest BCUT2D eigenvalue weighted by molar-refractivity contribution is -0.394. The molecule has 23 heavy (non-hydrogen) atoms. The third kappa shape index (κ3) is 3.90. The molecule has 0 atom stereocenters. The number of aliphatic hydroxyl groups excluding tert-OH is 2. The second-order valence-corrected chi connectivity index (χ2v) is 4.27. The molecule has 0 spiro atoms. The van der Waals surface area contributed by atoms with Crippen LogP contribution < -0.4 is 4.90 Å². The SMILES string of the molecule is COC(=O)c1c([N+](=O)[O-])ccc(N(CCO)CCO)c1[N+](=O)[O-]. The minimum atomic E-state index is -1.22. The van der Waals surface area contributed by atoms with Crippen molar-refractivity contribution in [2.45, 2.75) is 0 Å². The van der Waals surface area contributed by atoms with Gasteiger partial charge in [0.2, 0.25) is 5.56 Å². The third-order valence-corrected chi connectivity index (χ3v) is 2.98. The van der Waals surface area contributed by atoms with Crippen LogP contribution >= 0.6 is 0 Å². The summed E-state index contributed by atoms with van der Waals surface area (Å²) in [7, 11) is 0.946. The summed E-state index contributed by atoms with van der Waals surface area (Å²) in [6, 6.07) is 2.03. The summed E-state index contributed by atoms with van der Waals surface area (Å²) in [6.45, 7) is -0.886. The quantitative estimate of drug-likeness (QED) is 0.383. The number of ether oxygens (including phenoxy) is 1. The van der Waals surface area contributed by atoms with Crippen molar-refractivity contribution in [3.8, 4) is 0 Å². The molecule has 0 aromatic heterocycles. The van der Waals surface area contributed by atoms with Crippen LogP contribution in [0.5, 0.6) is 0 Å². The van der Waals surface area contributed by atoms with Crippen LogP contribution in [0.25, 0.3) is 0 Å². The second-order valence-electron chi connectivity index (χ2n) is 4.27.